The van der Waals surface area contributed by atoms with Gasteiger partial charge in [0.25, 0.3) is 0 Å². The van der Waals surface area contributed by atoms with Gasteiger partial charge in [0.15, 0.2) is 5.82 Å². The van der Waals surface area contributed by atoms with Gasteiger partial charge in [0.2, 0.25) is 6.39 Å². The molecule has 0 atom stereocenters. The molecule has 3 aromatic rings. The first-order valence-electron chi connectivity index (χ1n) is 7.35. The van der Waals surface area contributed by atoms with Crippen LogP contribution in [0.25, 0.3) is 10.8 Å². The maximum Gasteiger partial charge on any atom is 0.213 e. The zero-order chi connectivity index (χ0) is 14.1. The van der Waals surface area contributed by atoms with Crippen LogP contribution < -0.4 is 5.32 Å². The van der Waals surface area contributed by atoms with Crippen molar-refractivity contribution in [1.29, 1.82) is 0 Å². The van der Waals surface area contributed by atoms with E-state index in [0.717, 1.165) is 25.2 Å². The largest absolute Gasteiger partial charge is 0.343 e. The number of nitrogens with one attached hydrogen (secondary N) is 1. The van der Waals surface area contributed by atoms with Crippen LogP contribution in [0.5, 0.6) is 0 Å². The molecule has 1 heterocycles. The average molecular weight is 279 g/mol. The molecule has 1 aromatic heterocycles. The van der Waals surface area contributed by atoms with Crippen LogP contribution in [0.4, 0.5) is 0 Å². The zero-order valence-corrected chi connectivity index (χ0v) is 11.7. The maximum atomic E-state index is 4.90. The molecule has 0 unspecified atom stereocenters. The third kappa shape index (κ3) is 2.21. The smallest absolute Gasteiger partial charge is 0.213 e. The van der Waals surface area contributed by atoms with Crippen LogP contribution in [0.2, 0.25) is 0 Å². The number of hydrogen-bond acceptors (Lipinski definition) is 4. The minimum Gasteiger partial charge on any atom is -0.343 e. The Labute approximate surface area is 123 Å². The first-order valence-corrected chi connectivity index (χ1v) is 7.35. The number of rotatable bonds is 4. The molecule has 4 heteroatoms. The van der Waals surface area contributed by atoms with E-state index >= 15 is 0 Å². The van der Waals surface area contributed by atoms with E-state index in [-0.39, 0.29) is 5.54 Å². The van der Waals surface area contributed by atoms with Crippen LogP contribution >= 0.6 is 0 Å². The summed E-state index contributed by atoms with van der Waals surface area (Å²) in [5.41, 5.74) is 1.18. The maximum absolute atomic E-state index is 4.90. The molecule has 1 aliphatic carbocycles. The minimum absolute atomic E-state index is 0.0986. The standard InChI is InChI=1S/C17H17N3O/c1-2-5-15-10-13(6-7-14(15)4-1)11-19-17(8-3-9-17)16-18-12-21-20-16/h1-2,4-7,10,12,19H,3,8-9,11H2. The summed E-state index contributed by atoms with van der Waals surface area (Å²) >= 11 is 0. The van der Waals surface area contributed by atoms with Gasteiger partial charge in [-0.2, -0.15) is 4.98 Å². The van der Waals surface area contributed by atoms with Gasteiger partial charge in [-0.3, -0.25) is 0 Å². The summed E-state index contributed by atoms with van der Waals surface area (Å²) in [5, 5.41) is 10.2. The zero-order valence-electron chi connectivity index (χ0n) is 11.7. The van der Waals surface area contributed by atoms with Gasteiger partial charge in [-0.15, -0.1) is 0 Å². The van der Waals surface area contributed by atoms with Crippen molar-refractivity contribution in [2.24, 2.45) is 0 Å². The van der Waals surface area contributed by atoms with Gasteiger partial charge < -0.3 is 9.84 Å². The Kier molecular flexibility index (Phi) is 2.97. The van der Waals surface area contributed by atoms with Crippen LogP contribution in [0.3, 0.4) is 0 Å². The van der Waals surface area contributed by atoms with E-state index in [0.29, 0.717) is 0 Å². The number of fused-ring (bicyclic) bond motifs is 1. The number of nitrogens with zero attached hydrogens (tertiary/aromatic N) is 2. The normalized spacial score (nSPS) is 16.8. The van der Waals surface area contributed by atoms with Crippen molar-refractivity contribution >= 4 is 10.8 Å². The number of benzene rings is 2. The highest BCUT2D eigenvalue weighted by molar-refractivity contribution is 5.82. The second-order valence-corrected chi connectivity index (χ2v) is 5.73. The first-order chi connectivity index (χ1) is 10.4. The lowest BCUT2D eigenvalue weighted by Gasteiger charge is -2.40. The Morgan fingerprint density at radius 3 is 2.67 bits per heavy atom. The lowest BCUT2D eigenvalue weighted by Crippen LogP contribution is -2.48. The monoisotopic (exact) mass is 279 g/mol. The van der Waals surface area contributed by atoms with E-state index in [1.54, 1.807) is 0 Å². The number of aromatic nitrogens is 2. The highest BCUT2D eigenvalue weighted by Crippen LogP contribution is 2.39. The van der Waals surface area contributed by atoms with Gasteiger partial charge in [0.05, 0.1) is 5.54 Å². The van der Waals surface area contributed by atoms with Crippen molar-refractivity contribution in [3.8, 4) is 0 Å². The van der Waals surface area contributed by atoms with Gasteiger partial charge in [-0.1, -0.05) is 41.6 Å². The van der Waals surface area contributed by atoms with Crippen molar-refractivity contribution in [2.75, 3.05) is 0 Å². The van der Waals surface area contributed by atoms with Crippen LogP contribution in [0.1, 0.15) is 30.7 Å². The Morgan fingerprint density at radius 1 is 1.10 bits per heavy atom. The second kappa shape index (κ2) is 4.97. The molecule has 106 valence electrons. The molecule has 21 heavy (non-hydrogen) atoms. The highest BCUT2D eigenvalue weighted by Gasteiger charge is 2.41. The lowest BCUT2D eigenvalue weighted by atomic mass is 9.76. The predicted molar refractivity (Wildman–Crippen MR) is 80.6 cm³/mol. The summed E-state index contributed by atoms with van der Waals surface area (Å²) in [6.07, 6.45) is 4.76. The van der Waals surface area contributed by atoms with Gasteiger partial charge in [0, 0.05) is 6.54 Å². The summed E-state index contributed by atoms with van der Waals surface area (Å²) < 4.78 is 4.90. The molecule has 1 aliphatic rings. The van der Waals surface area contributed by atoms with Crippen LogP contribution in [-0.2, 0) is 12.1 Å². The summed E-state index contributed by atoms with van der Waals surface area (Å²) in [4.78, 5) is 4.23. The van der Waals surface area contributed by atoms with Crippen molar-refractivity contribution in [3.05, 3.63) is 60.2 Å². The molecule has 0 amide bonds. The van der Waals surface area contributed by atoms with Crippen molar-refractivity contribution in [1.82, 2.24) is 15.5 Å². The molecular weight excluding hydrogens is 262 g/mol. The molecule has 2 aromatic carbocycles. The van der Waals surface area contributed by atoms with E-state index in [1.807, 2.05) is 0 Å². The van der Waals surface area contributed by atoms with E-state index in [9.17, 15) is 0 Å². The van der Waals surface area contributed by atoms with Gasteiger partial charge in [-0.05, 0) is 41.7 Å². The van der Waals surface area contributed by atoms with Crippen LogP contribution in [0.15, 0.2) is 53.4 Å². The highest BCUT2D eigenvalue weighted by atomic mass is 16.5. The fourth-order valence-corrected chi connectivity index (χ4v) is 3.01. The van der Waals surface area contributed by atoms with Crippen molar-refractivity contribution < 1.29 is 4.52 Å². The molecule has 1 saturated carbocycles. The Balaban J connectivity index is 1.55. The van der Waals surface area contributed by atoms with Crippen molar-refractivity contribution in [2.45, 2.75) is 31.3 Å². The van der Waals surface area contributed by atoms with Crippen molar-refractivity contribution in [3.63, 3.8) is 0 Å². The van der Waals surface area contributed by atoms with E-state index in [4.69, 9.17) is 4.52 Å². The summed E-state index contributed by atoms with van der Waals surface area (Å²) in [6, 6.07) is 15.0. The Morgan fingerprint density at radius 2 is 1.95 bits per heavy atom. The first kappa shape index (κ1) is 12.5. The molecule has 0 bridgehead atoms. The molecule has 4 nitrogen and oxygen atoms in total. The van der Waals surface area contributed by atoms with E-state index in [2.05, 4.69) is 57.9 Å². The Hall–Kier alpha value is -2.20. The molecule has 1 N–H and O–H groups in total. The second-order valence-electron chi connectivity index (χ2n) is 5.73. The fraction of sp³-hybridized carbons (Fsp3) is 0.294. The third-order valence-corrected chi connectivity index (χ3v) is 4.44. The molecule has 0 radical (unpaired) electrons. The van der Waals surface area contributed by atoms with E-state index < -0.39 is 0 Å². The molecule has 0 aliphatic heterocycles. The molecule has 0 spiro atoms. The summed E-state index contributed by atoms with van der Waals surface area (Å²) in [7, 11) is 0. The lowest BCUT2D eigenvalue weighted by molar-refractivity contribution is 0.165. The van der Waals surface area contributed by atoms with Gasteiger partial charge >= 0.3 is 0 Å². The average Bonchev–Trinajstić information content (AvgIpc) is 3.01. The minimum atomic E-state index is -0.0986. The molecule has 4 rings (SSSR count). The SMILES string of the molecule is c1ccc2cc(CNC3(c4ncon4)CCC3)ccc2c1. The van der Waals surface area contributed by atoms with Crippen LogP contribution in [-0.4, -0.2) is 10.1 Å². The summed E-state index contributed by atoms with van der Waals surface area (Å²) in [6.45, 7) is 0.819. The molecular formula is C17H17N3O. The van der Waals surface area contributed by atoms with Crippen LogP contribution in [0, 0.1) is 0 Å². The van der Waals surface area contributed by atoms with Gasteiger partial charge in [-0.25, -0.2) is 0 Å². The fourth-order valence-electron chi connectivity index (χ4n) is 3.01. The Bertz CT molecular complexity index is 748. The predicted octanol–water partition coefficient (Wildman–Crippen LogP) is 3.39. The molecule has 0 saturated heterocycles. The summed E-state index contributed by atoms with van der Waals surface area (Å²) in [5.74, 6) is 0.787. The quantitative estimate of drug-likeness (QED) is 0.795. The number of hydrogen-bond donors (Lipinski definition) is 1. The molecule has 1 fully saturated rings. The third-order valence-electron chi connectivity index (χ3n) is 4.44. The van der Waals surface area contributed by atoms with E-state index in [1.165, 1.54) is 29.2 Å². The topological polar surface area (TPSA) is 51.0 Å². The van der Waals surface area contributed by atoms with Gasteiger partial charge in [0.1, 0.15) is 0 Å².